The molecule has 9 heteroatoms. The van der Waals surface area contributed by atoms with Crippen molar-refractivity contribution in [2.45, 2.75) is 110 Å². The summed E-state index contributed by atoms with van der Waals surface area (Å²) in [5.41, 5.74) is 0.993. The van der Waals surface area contributed by atoms with Crippen LogP contribution in [-0.2, 0) is 20.5 Å². The molecule has 2 fully saturated rings. The third-order valence-electron chi connectivity index (χ3n) is 8.51. The number of carboxylic acid groups (broad SMARTS) is 1. The van der Waals surface area contributed by atoms with E-state index in [9.17, 15) is 19.8 Å². The van der Waals surface area contributed by atoms with Crippen molar-refractivity contribution in [3.63, 3.8) is 0 Å². The molecule has 0 aromatic heterocycles. The van der Waals surface area contributed by atoms with Crippen LogP contribution in [0.1, 0.15) is 104 Å². The van der Waals surface area contributed by atoms with E-state index in [-0.39, 0.29) is 23.4 Å². The summed E-state index contributed by atoms with van der Waals surface area (Å²) in [5.74, 6) is -0.319. The number of hydrogen-bond acceptors (Lipinski definition) is 5. The Morgan fingerprint density at radius 3 is 2.11 bits per heavy atom. The maximum Gasteiger partial charge on any atom is 0.494 e. The molecule has 8 nitrogen and oxygen atoms in total. The molecule has 3 aliphatic rings. The number of carbonyl (C=O) groups excluding carboxylic acids is 1. The van der Waals surface area contributed by atoms with Crippen molar-refractivity contribution in [3.05, 3.63) is 28.8 Å². The molecule has 1 aromatic carbocycles. The highest BCUT2D eigenvalue weighted by Crippen LogP contribution is 2.48. The van der Waals surface area contributed by atoms with Crippen LogP contribution in [0.4, 0.5) is 4.79 Å². The van der Waals surface area contributed by atoms with E-state index in [4.69, 9.17) is 9.31 Å². The van der Waals surface area contributed by atoms with Gasteiger partial charge in [-0.05, 0) is 88.4 Å². The van der Waals surface area contributed by atoms with Gasteiger partial charge in [-0.2, -0.15) is 0 Å². The van der Waals surface area contributed by atoms with Gasteiger partial charge in [0.1, 0.15) is 5.60 Å². The molecule has 3 aliphatic heterocycles. The number of aliphatic hydroxyl groups is 1. The van der Waals surface area contributed by atoms with Crippen LogP contribution in [0, 0.1) is 5.41 Å². The highest BCUT2D eigenvalue weighted by atomic mass is 16.7. The van der Waals surface area contributed by atoms with E-state index in [1.54, 1.807) is 4.90 Å². The van der Waals surface area contributed by atoms with Crippen LogP contribution in [0.15, 0.2) is 12.1 Å². The van der Waals surface area contributed by atoms with Crippen molar-refractivity contribution >= 4 is 24.6 Å². The van der Waals surface area contributed by atoms with E-state index >= 15 is 0 Å². The van der Waals surface area contributed by atoms with Crippen molar-refractivity contribution in [1.29, 1.82) is 0 Å². The molecule has 1 unspecified atom stereocenters. The average molecular weight is 514 g/mol. The van der Waals surface area contributed by atoms with E-state index in [1.807, 2.05) is 33.8 Å². The van der Waals surface area contributed by atoms with Crippen LogP contribution >= 0.6 is 0 Å². The summed E-state index contributed by atoms with van der Waals surface area (Å²) < 4.78 is 12.8. The van der Waals surface area contributed by atoms with Gasteiger partial charge in [0.15, 0.2) is 0 Å². The van der Waals surface area contributed by atoms with E-state index in [1.165, 1.54) is 18.7 Å². The fourth-order valence-corrected chi connectivity index (χ4v) is 6.01. The van der Waals surface area contributed by atoms with Gasteiger partial charge in [-0.3, -0.25) is 4.79 Å². The summed E-state index contributed by atoms with van der Waals surface area (Å²) in [7, 11) is -0.571. The second kappa shape index (κ2) is 8.99. The molecular formula is C28H43BN2O6. The minimum atomic E-state index is -1.51. The number of carbonyl (C=O) groups is 2. The van der Waals surface area contributed by atoms with Crippen LogP contribution in [0.25, 0.3) is 0 Å². The summed E-state index contributed by atoms with van der Waals surface area (Å²) in [6.07, 6.45) is 1.15. The first-order valence-electron chi connectivity index (χ1n) is 13.4. The topological polar surface area (TPSA) is 99.5 Å². The normalized spacial score (nSPS) is 25.4. The van der Waals surface area contributed by atoms with E-state index in [2.05, 4.69) is 26.8 Å². The minimum absolute atomic E-state index is 0.319. The fourth-order valence-electron chi connectivity index (χ4n) is 6.01. The maximum absolute atomic E-state index is 13.4. The number of hydrogen-bond donors (Lipinski definition) is 2. The van der Waals surface area contributed by atoms with Crippen LogP contribution in [0.3, 0.4) is 0 Å². The lowest BCUT2D eigenvalue weighted by molar-refractivity contribution is -0.153. The van der Waals surface area contributed by atoms with Crippen molar-refractivity contribution in [2.24, 2.45) is 5.41 Å². The van der Waals surface area contributed by atoms with Crippen LogP contribution in [0.5, 0.6) is 0 Å². The molecular weight excluding hydrogens is 471 g/mol. The summed E-state index contributed by atoms with van der Waals surface area (Å²) in [4.78, 5) is 29.0. The quantitative estimate of drug-likeness (QED) is 0.591. The molecule has 3 heterocycles. The smallest absolute Gasteiger partial charge is 0.465 e. The Kier molecular flexibility index (Phi) is 6.78. The first kappa shape index (κ1) is 27.9. The minimum Gasteiger partial charge on any atom is -0.465 e. The van der Waals surface area contributed by atoms with Gasteiger partial charge >= 0.3 is 13.2 Å². The predicted octanol–water partition coefficient (Wildman–Crippen LogP) is 4.04. The fraction of sp³-hybridized carbons (Fsp3) is 0.714. The van der Waals surface area contributed by atoms with E-state index in [0.717, 1.165) is 28.6 Å². The Morgan fingerprint density at radius 1 is 1.00 bits per heavy atom. The molecule has 2 atom stereocenters. The molecule has 0 spiro atoms. The van der Waals surface area contributed by atoms with Crippen molar-refractivity contribution in [2.75, 3.05) is 13.1 Å². The maximum atomic E-state index is 13.4. The zero-order valence-corrected chi connectivity index (χ0v) is 23.8. The van der Waals surface area contributed by atoms with Gasteiger partial charge in [0.2, 0.25) is 0 Å². The van der Waals surface area contributed by atoms with Gasteiger partial charge in [0.25, 0.3) is 5.91 Å². The second-order valence-electron chi connectivity index (χ2n) is 13.5. The average Bonchev–Trinajstić information content (AvgIpc) is 3.32. The van der Waals surface area contributed by atoms with Crippen LogP contribution in [0.2, 0.25) is 0 Å². The number of amides is 2. The molecule has 204 valence electrons. The molecule has 2 amide bonds. The largest absolute Gasteiger partial charge is 0.494 e. The SMILES string of the molecule is CC(C)(O)C(=O)N1CCc2cc(B3OC(C)(C)C(C)(C)O3)cc([C@@H]3CCCN3C(=O)O)c2C1C(C)(C)C. The standard InChI is InChI=1S/C28H43BN2O6/c1-25(2,3)22-21-17(12-14-31(22)23(32)26(4,5)35)15-18(29-36-27(6,7)28(8,9)37-29)16-19(21)20-11-10-13-30(20)24(33)34/h15-16,20,22,35H,10-14H2,1-9H3,(H,33,34)/t20-,22?/m0/s1. The Hall–Kier alpha value is -2.10. The lowest BCUT2D eigenvalue weighted by Gasteiger charge is -2.47. The summed E-state index contributed by atoms with van der Waals surface area (Å²) in [6.45, 7) is 18.3. The van der Waals surface area contributed by atoms with Gasteiger partial charge in [0, 0.05) is 13.1 Å². The summed E-state index contributed by atoms with van der Waals surface area (Å²) in [5, 5.41) is 20.7. The van der Waals surface area contributed by atoms with E-state index in [0.29, 0.717) is 25.9 Å². The Labute approximate surface area is 221 Å². The second-order valence-corrected chi connectivity index (χ2v) is 13.5. The summed E-state index contributed by atoms with van der Waals surface area (Å²) in [6, 6.07) is 3.51. The number of fused-ring (bicyclic) bond motifs is 1. The number of rotatable bonds is 3. The Balaban J connectivity index is 1.92. The summed E-state index contributed by atoms with van der Waals surface area (Å²) >= 11 is 0. The van der Waals surface area contributed by atoms with Crippen LogP contribution in [-0.4, -0.2) is 69.0 Å². The van der Waals surface area contributed by atoms with Crippen molar-refractivity contribution < 1.29 is 29.1 Å². The zero-order chi connectivity index (χ0) is 27.7. The van der Waals surface area contributed by atoms with Gasteiger partial charge in [-0.1, -0.05) is 32.9 Å². The molecule has 0 saturated carbocycles. The number of nitrogens with zero attached hydrogens (tertiary/aromatic N) is 2. The monoisotopic (exact) mass is 514 g/mol. The lowest BCUT2D eigenvalue weighted by Crippen LogP contribution is -2.53. The van der Waals surface area contributed by atoms with Gasteiger partial charge in [0.05, 0.1) is 23.3 Å². The van der Waals surface area contributed by atoms with E-state index < -0.39 is 30.0 Å². The molecule has 0 aliphatic carbocycles. The van der Waals surface area contributed by atoms with Gasteiger partial charge in [-0.15, -0.1) is 0 Å². The Morgan fingerprint density at radius 2 is 1.59 bits per heavy atom. The number of benzene rings is 1. The van der Waals surface area contributed by atoms with Crippen molar-refractivity contribution in [3.8, 4) is 0 Å². The van der Waals surface area contributed by atoms with Gasteiger partial charge < -0.3 is 29.3 Å². The molecule has 2 N–H and O–H groups in total. The molecule has 4 rings (SSSR count). The number of likely N-dealkylation sites (tertiary alicyclic amines) is 1. The Bertz CT molecular complexity index is 1070. The third-order valence-corrected chi connectivity index (χ3v) is 8.51. The highest BCUT2D eigenvalue weighted by molar-refractivity contribution is 6.62. The zero-order valence-electron chi connectivity index (χ0n) is 23.8. The molecule has 0 radical (unpaired) electrons. The van der Waals surface area contributed by atoms with Gasteiger partial charge in [-0.25, -0.2) is 4.79 Å². The predicted molar refractivity (Wildman–Crippen MR) is 143 cm³/mol. The molecule has 2 saturated heterocycles. The molecule has 37 heavy (non-hydrogen) atoms. The molecule has 0 bridgehead atoms. The lowest BCUT2D eigenvalue weighted by atomic mass is 9.69. The van der Waals surface area contributed by atoms with Crippen LogP contribution < -0.4 is 5.46 Å². The third kappa shape index (κ3) is 4.90. The van der Waals surface area contributed by atoms with Crippen molar-refractivity contribution in [1.82, 2.24) is 9.80 Å². The first-order chi connectivity index (χ1) is 16.8. The first-order valence-corrected chi connectivity index (χ1v) is 13.4. The molecule has 1 aromatic rings. The highest BCUT2D eigenvalue weighted by Gasteiger charge is 2.53.